The van der Waals surface area contributed by atoms with Crippen LogP contribution in [0.2, 0.25) is 0 Å². The summed E-state index contributed by atoms with van der Waals surface area (Å²) in [6.45, 7) is 3.15. The normalized spacial score (nSPS) is 14.8. The molecule has 0 aliphatic carbocycles. The maximum Gasteiger partial charge on any atom is 0.239 e. The van der Waals surface area contributed by atoms with Crippen LogP contribution < -0.4 is 10.1 Å². The van der Waals surface area contributed by atoms with Crippen molar-refractivity contribution in [3.8, 4) is 16.9 Å². The lowest BCUT2D eigenvalue weighted by Crippen LogP contribution is -2.41. The van der Waals surface area contributed by atoms with Crippen molar-refractivity contribution in [1.82, 2.24) is 20.1 Å². The average Bonchev–Trinajstić information content (AvgIpc) is 2.74. The highest BCUT2D eigenvalue weighted by atomic mass is 16.5. The zero-order valence-electron chi connectivity index (χ0n) is 15.6. The second-order valence-corrected chi connectivity index (χ2v) is 6.55. The molecular weight excluding hydrogens is 358 g/mol. The molecule has 144 valence electrons. The van der Waals surface area contributed by atoms with Crippen LogP contribution in [0.5, 0.6) is 5.75 Å². The fourth-order valence-corrected chi connectivity index (χ4v) is 3.12. The first kappa shape index (κ1) is 18.3. The number of pyridine rings is 1. The van der Waals surface area contributed by atoms with Crippen molar-refractivity contribution in [1.29, 1.82) is 0 Å². The lowest BCUT2D eigenvalue weighted by atomic mass is 10.1. The number of rotatable bonds is 5. The molecule has 0 bridgehead atoms. The minimum atomic E-state index is -0.108. The standard InChI is InChI=1S/C20H21N5O3/c1-27-17-9-16(11-21-12-17)14-2-3-18-15(8-14)10-19(24-23-18)22-20(26)13-25-4-6-28-7-5-25/h2-3,8-12H,4-7,13H2,1H3,(H,22,24,26). The van der Waals surface area contributed by atoms with Crippen LogP contribution in [0.4, 0.5) is 5.82 Å². The molecule has 1 saturated heterocycles. The van der Waals surface area contributed by atoms with Crippen LogP contribution in [0.25, 0.3) is 22.0 Å². The Balaban J connectivity index is 1.53. The van der Waals surface area contributed by atoms with E-state index in [1.807, 2.05) is 30.3 Å². The van der Waals surface area contributed by atoms with Gasteiger partial charge in [-0.3, -0.25) is 14.7 Å². The summed E-state index contributed by atoms with van der Waals surface area (Å²) in [5, 5.41) is 12.0. The summed E-state index contributed by atoms with van der Waals surface area (Å²) in [5.41, 5.74) is 2.68. The molecule has 1 aliphatic heterocycles. The number of nitrogens with zero attached hydrogens (tertiary/aromatic N) is 4. The summed E-state index contributed by atoms with van der Waals surface area (Å²) >= 11 is 0. The van der Waals surface area contributed by atoms with Crippen molar-refractivity contribution < 1.29 is 14.3 Å². The van der Waals surface area contributed by atoms with Crippen LogP contribution in [0.15, 0.2) is 42.7 Å². The van der Waals surface area contributed by atoms with Crippen LogP contribution in [0.3, 0.4) is 0 Å². The van der Waals surface area contributed by atoms with Gasteiger partial charge in [0.15, 0.2) is 5.82 Å². The van der Waals surface area contributed by atoms with Crippen LogP contribution in [-0.4, -0.2) is 65.9 Å². The van der Waals surface area contributed by atoms with Crippen LogP contribution in [0, 0.1) is 0 Å². The number of aromatic nitrogens is 3. The minimum absolute atomic E-state index is 0.108. The predicted molar refractivity (Wildman–Crippen MR) is 105 cm³/mol. The summed E-state index contributed by atoms with van der Waals surface area (Å²) in [4.78, 5) is 18.5. The Morgan fingerprint density at radius 2 is 2.00 bits per heavy atom. The fraction of sp³-hybridized carbons (Fsp3) is 0.300. The second-order valence-electron chi connectivity index (χ2n) is 6.55. The van der Waals surface area contributed by atoms with Gasteiger partial charge in [-0.25, -0.2) is 0 Å². The maximum absolute atomic E-state index is 12.3. The third-order valence-corrected chi connectivity index (χ3v) is 4.61. The Morgan fingerprint density at radius 3 is 2.82 bits per heavy atom. The van der Waals surface area contributed by atoms with Gasteiger partial charge in [-0.1, -0.05) is 6.07 Å². The van der Waals surface area contributed by atoms with E-state index in [2.05, 4.69) is 25.4 Å². The number of fused-ring (bicyclic) bond motifs is 1. The predicted octanol–water partition coefficient (Wildman–Crippen LogP) is 1.97. The maximum atomic E-state index is 12.3. The summed E-state index contributed by atoms with van der Waals surface area (Å²) in [6.07, 6.45) is 3.45. The lowest BCUT2D eigenvalue weighted by Gasteiger charge is -2.25. The first-order valence-electron chi connectivity index (χ1n) is 9.08. The summed E-state index contributed by atoms with van der Waals surface area (Å²) in [5.74, 6) is 1.02. The Hall–Kier alpha value is -3.10. The van der Waals surface area contributed by atoms with Gasteiger partial charge in [0.05, 0.1) is 38.6 Å². The summed E-state index contributed by atoms with van der Waals surface area (Å²) in [7, 11) is 1.61. The molecule has 8 heteroatoms. The molecule has 1 N–H and O–H groups in total. The number of carbonyl (C=O) groups is 1. The smallest absolute Gasteiger partial charge is 0.239 e. The van der Waals surface area contributed by atoms with Crippen LogP contribution in [0.1, 0.15) is 0 Å². The molecule has 0 saturated carbocycles. The number of anilines is 1. The molecule has 0 atom stereocenters. The molecule has 0 spiro atoms. The third kappa shape index (κ3) is 4.24. The zero-order valence-corrected chi connectivity index (χ0v) is 15.6. The van der Waals surface area contributed by atoms with Crippen molar-refractivity contribution in [2.75, 3.05) is 45.3 Å². The van der Waals surface area contributed by atoms with E-state index < -0.39 is 0 Å². The highest BCUT2D eigenvalue weighted by Crippen LogP contribution is 2.26. The van der Waals surface area contributed by atoms with E-state index in [0.29, 0.717) is 31.3 Å². The number of ether oxygens (including phenoxy) is 2. The van der Waals surface area contributed by atoms with E-state index >= 15 is 0 Å². The van der Waals surface area contributed by atoms with Gasteiger partial charge in [0.1, 0.15) is 5.75 Å². The van der Waals surface area contributed by atoms with Gasteiger partial charge in [0, 0.05) is 30.2 Å². The largest absolute Gasteiger partial charge is 0.495 e. The molecule has 28 heavy (non-hydrogen) atoms. The number of hydrogen-bond donors (Lipinski definition) is 1. The molecule has 3 aromatic rings. The van der Waals surface area contributed by atoms with Gasteiger partial charge < -0.3 is 14.8 Å². The van der Waals surface area contributed by atoms with Gasteiger partial charge >= 0.3 is 0 Å². The highest BCUT2D eigenvalue weighted by molar-refractivity contribution is 5.93. The van der Waals surface area contributed by atoms with E-state index in [-0.39, 0.29) is 5.91 Å². The number of benzene rings is 1. The number of hydrogen-bond acceptors (Lipinski definition) is 7. The molecule has 1 fully saturated rings. The first-order valence-corrected chi connectivity index (χ1v) is 9.08. The summed E-state index contributed by atoms with van der Waals surface area (Å²) < 4.78 is 10.5. The Morgan fingerprint density at radius 1 is 1.14 bits per heavy atom. The van der Waals surface area contributed by atoms with Gasteiger partial charge in [-0.2, -0.15) is 0 Å². The first-order chi connectivity index (χ1) is 13.7. The quantitative estimate of drug-likeness (QED) is 0.725. The average molecular weight is 379 g/mol. The van der Waals surface area contributed by atoms with Gasteiger partial charge in [0.2, 0.25) is 5.91 Å². The SMILES string of the molecule is COc1cncc(-c2ccc3nnc(NC(=O)CN4CCOCC4)cc3c2)c1. The van der Waals surface area contributed by atoms with E-state index in [9.17, 15) is 4.79 Å². The van der Waals surface area contributed by atoms with Crippen molar-refractivity contribution in [2.45, 2.75) is 0 Å². The number of nitrogens with one attached hydrogen (secondary N) is 1. The molecule has 3 heterocycles. The summed E-state index contributed by atoms with van der Waals surface area (Å²) in [6, 6.07) is 9.61. The van der Waals surface area contributed by atoms with E-state index in [0.717, 1.165) is 35.1 Å². The molecule has 2 aromatic heterocycles. The molecule has 1 aliphatic rings. The number of amides is 1. The number of morpholine rings is 1. The highest BCUT2D eigenvalue weighted by Gasteiger charge is 2.15. The molecule has 0 unspecified atom stereocenters. The molecule has 8 nitrogen and oxygen atoms in total. The molecule has 0 radical (unpaired) electrons. The molecule has 1 amide bonds. The lowest BCUT2D eigenvalue weighted by molar-refractivity contribution is -0.118. The molecule has 1 aromatic carbocycles. The fourth-order valence-electron chi connectivity index (χ4n) is 3.12. The van der Waals surface area contributed by atoms with E-state index in [1.54, 1.807) is 19.5 Å². The van der Waals surface area contributed by atoms with E-state index in [1.165, 1.54) is 0 Å². The number of carbonyl (C=O) groups excluding carboxylic acids is 1. The molecule has 4 rings (SSSR count). The minimum Gasteiger partial charge on any atom is -0.495 e. The van der Waals surface area contributed by atoms with E-state index in [4.69, 9.17) is 9.47 Å². The number of methoxy groups -OCH3 is 1. The van der Waals surface area contributed by atoms with Gasteiger partial charge in [-0.15, -0.1) is 10.2 Å². The second kappa shape index (κ2) is 8.28. The van der Waals surface area contributed by atoms with Gasteiger partial charge in [-0.05, 0) is 29.8 Å². The van der Waals surface area contributed by atoms with Crippen molar-refractivity contribution >= 4 is 22.6 Å². The van der Waals surface area contributed by atoms with Crippen LogP contribution >= 0.6 is 0 Å². The van der Waals surface area contributed by atoms with Crippen molar-refractivity contribution in [3.63, 3.8) is 0 Å². The monoisotopic (exact) mass is 379 g/mol. The van der Waals surface area contributed by atoms with Crippen molar-refractivity contribution in [3.05, 3.63) is 42.7 Å². The van der Waals surface area contributed by atoms with Crippen molar-refractivity contribution in [2.24, 2.45) is 0 Å². The molecular formula is C20H21N5O3. The zero-order chi connectivity index (χ0) is 19.3. The van der Waals surface area contributed by atoms with Gasteiger partial charge in [0.25, 0.3) is 0 Å². The third-order valence-electron chi connectivity index (χ3n) is 4.61. The Bertz CT molecular complexity index is 988. The Labute approximate surface area is 162 Å². The Kier molecular flexibility index (Phi) is 5.41. The van der Waals surface area contributed by atoms with Crippen LogP contribution in [-0.2, 0) is 9.53 Å². The topological polar surface area (TPSA) is 89.5 Å².